The lowest BCUT2D eigenvalue weighted by Crippen LogP contribution is -2.17. The number of carbonyl (C=O) groups excluding carboxylic acids is 1. The first kappa shape index (κ1) is 14.0. The van der Waals surface area contributed by atoms with Gasteiger partial charge in [0.15, 0.2) is 5.82 Å². The highest BCUT2D eigenvalue weighted by molar-refractivity contribution is 6.03. The van der Waals surface area contributed by atoms with E-state index in [1.165, 1.54) is 6.07 Å². The molecule has 0 aliphatic carbocycles. The van der Waals surface area contributed by atoms with Crippen molar-refractivity contribution in [3.05, 3.63) is 45.6 Å². The van der Waals surface area contributed by atoms with Crippen LogP contribution >= 0.6 is 0 Å². The van der Waals surface area contributed by atoms with E-state index < -0.39 is 0 Å². The van der Waals surface area contributed by atoms with Gasteiger partial charge in [-0.15, -0.1) is 0 Å². The van der Waals surface area contributed by atoms with Crippen LogP contribution in [0.2, 0.25) is 0 Å². The first-order chi connectivity index (χ1) is 9.62. The van der Waals surface area contributed by atoms with Crippen LogP contribution in [-0.2, 0) is 12.8 Å². The zero-order chi connectivity index (χ0) is 14.5. The molecular weight excluding hydrogens is 258 g/mol. The number of pyridine rings is 1. The van der Waals surface area contributed by atoms with Gasteiger partial charge in [-0.2, -0.15) is 0 Å². The lowest BCUT2D eigenvalue weighted by atomic mass is 10.1. The van der Waals surface area contributed by atoms with Crippen molar-refractivity contribution >= 4 is 11.7 Å². The number of aromatic nitrogens is 2. The first-order valence-electron chi connectivity index (χ1n) is 6.62. The molecule has 2 aromatic rings. The average molecular weight is 275 g/mol. The number of aromatic amines is 1. The monoisotopic (exact) mass is 275 g/mol. The lowest BCUT2D eigenvalue weighted by Gasteiger charge is -2.04. The van der Waals surface area contributed by atoms with E-state index in [-0.39, 0.29) is 11.5 Å². The molecule has 0 saturated carbocycles. The Morgan fingerprint density at radius 2 is 2.15 bits per heavy atom. The largest absolute Gasteiger partial charge is 0.359 e. The first-order valence-corrected chi connectivity index (χ1v) is 6.62. The fourth-order valence-electron chi connectivity index (χ4n) is 1.86. The van der Waals surface area contributed by atoms with Crippen LogP contribution in [-0.4, -0.2) is 16.0 Å². The highest BCUT2D eigenvalue weighted by Crippen LogP contribution is 2.11. The molecule has 0 aromatic carbocycles. The van der Waals surface area contributed by atoms with Gasteiger partial charge in [-0.25, -0.2) is 0 Å². The van der Waals surface area contributed by atoms with Gasteiger partial charge < -0.3 is 14.8 Å². The summed E-state index contributed by atoms with van der Waals surface area (Å²) in [6.07, 6.45) is 2.32. The van der Waals surface area contributed by atoms with Gasteiger partial charge in [-0.3, -0.25) is 9.59 Å². The predicted molar refractivity (Wildman–Crippen MR) is 74.9 cm³/mol. The SMILES string of the molecule is CCCc1cc(C(=O)Nc2cc(CC)on2)cc(=O)[nH]1. The molecule has 20 heavy (non-hydrogen) atoms. The zero-order valence-electron chi connectivity index (χ0n) is 11.5. The number of nitrogens with one attached hydrogen (secondary N) is 2. The van der Waals surface area contributed by atoms with Crippen LogP contribution in [0.4, 0.5) is 5.82 Å². The summed E-state index contributed by atoms with van der Waals surface area (Å²) in [6, 6.07) is 4.62. The molecule has 106 valence electrons. The van der Waals surface area contributed by atoms with E-state index >= 15 is 0 Å². The Kier molecular flexibility index (Phi) is 4.34. The Balaban J connectivity index is 2.18. The molecule has 0 aliphatic heterocycles. The van der Waals surface area contributed by atoms with E-state index in [1.807, 2.05) is 13.8 Å². The number of carbonyl (C=O) groups is 1. The Hall–Kier alpha value is -2.37. The Morgan fingerprint density at radius 3 is 2.80 bits per heavy atom. The van der Waals surface area contributed by atoms with E-state index in [4.69, 9.17) is 4.52 Å². The summed E-state index contributed by atoms with van der Waals surface area (Å²) < 4.78 is 5.00. The Bertz CT molecular complexity index is 658. The van der Waals surface area contributed by atoms with Gasteiger partial charge in [-0.1, -0.05) is 25.4 Å². The summed E-state index contributed by atoms with van der Waals surface area (Å²) in [7, 11) is 0. The molecule has 0 spiro atoms. The summed E-state index contributed by atoms with van der Waals surface area (Å²) in [4.78, 5) is 26.3. The molecule has 0 saturated heterocycles. The Morgan fingerprint density at radius 1 is 1.35 bits per heavy atom. The van der Waals surface area contributed by atoms with Crippen molar-refractivity contribution in [3.63, 3.8) is 0 Å². The molecule has 0 bridgehead atoms. The summed E-state index contributed by atoms with van der Waals surface area (Å²) in [5, 5.41) is 6.35. The van der Waals surface area contributed by atoms with Crippen LogP contribution in [0, 0.1) is 0 Å². The van der Waals surface area contributed by atoms with E-state index in [9.17, 15) is 9.59 Å². The highest BCUT2D eigenvalue weighted by atomic mass is 16.5. The smallest absolute Gasteiger partial charge is 0.257 e. The topological polar surface area (TPSA) is 88.0 Å². The minimum atomic E-state index is -0.371. The molecule has 2 heterocycles. The minimum absolute atomic E-state index is 0.282. The second-order valence-corrected chi connectivity index (χ2v) is 4.49. The molecule has 2 aromatic heterocycles. The second-order valence-electron chi connectivity index (χ2n) is 4.49. The van der Waals surface area contributed by atoms with Crippen LogP contribution in [0.3, 0.4) is 0 Å². The Labute approximate surface area is 116 Å². The number of anilines is 1. The van der Waals surface area contributed by atoms with Crippen LogP contribution in [0.5, 0.6) is 0 Å². The van der Waals surface area contributed by atoms with Crippen LogP contribution in [0.25, 0.3) is 0 Å². The maximum Gasteiger partial charge on any atom is 0.257 e. The molecule has 2 rings (SSSR count). The van der Waals surface area contributed by atoms with Crippen molar-refractivity contribution in [2.24, 2.45) is 0 Å². The number of hydrogen-bond donors (Lipinski definition) is 2. The van der Waals surface area contributed by atoms with Crippen molar-refractivity contribution in [1.82, 2.24) is 10.1 Å². The number of aryl methyl sites for hydroxylation is 2. The highest BCUT2D eigenvalue weighted by Gasteiger charge is 2.11. The molecule has 0 fully saturated rings. The van der Waals surface area contributed by atoms with Crippen LogP contribution < -0.4 is 10.9 Å². The average Bonchev–Trinajstić information content (AvgIpc) is 2.86. The third kappa shape index (κ3) is 3.34. The fourth-order valence-corrected chi connectivity index (χ4v) is 1.86. The predicted octanol–water partition coefficient (Wildman–Crippen LogP) is 2.13. The van der Waals surface area contributed by atoms with E-state index in [0.29, 0.717) is 23.6 Å². The van der Waals surface area contributed by atoms with Crippen molar-refractivity contribution in [2.45, 2.75) is 33.1 Å². The van der Waals surface area contributed by atoms with Crippen molar-refractivity contribution in [3.8, 4) is 0 Å². The maximum absolute atomic E-state index is 12.1. The number of hydrogen-bond acceptors (Lipinski definition) is 4. The van der Waals surface area contributed by atoms with Gasteiger partial charge in [0.2, 0.25) is 5.56 Å². The number of nitrogens with zero attached hydrogens (tertiary/aromatic N) is 1. The molecule has 0 radical (unpaired) electrons. The zero-order valence-corrected chi connectivity index (χ0v) is 11.5. The molecule has 2 N–H and O–H groups in total. The summed E-state index contributed by atoms with van der Waals surface area (Å²) in [5.74, 6) is 0.673. The summed E-state index contributed by atoms with van der Waals surface area (Å²) in [6.45, 7) is 3.94. The molecular formula is C14H17N3O3. The fraction of sp³-hybridized carbons (Fsp3) is 0.357. The minimum Gasteiger partial charge on any atom is -0.359 e. The van der Waals surface area contributed by atoms with Crippen LogP contribution in [0.15, 0.2) is 27.5 Å². The molecule has 0 atom stereocenters. The van der Waals surface area contributed by atoms with Gasteiger partial charge >= 0.3 is 0 Å². The molecule has 1 amide bonds. The van der Waals surface area contributed by atoms with E-state index in [2.05, 4.69) is 15.5 Å². The quantitative estimate of drug-likeness (QED) is 0.875. The van der Waals surface area contributed by atoms with Gasteiger partial charge in [-0.05, 0) is 12.5 Å². The van der Waals surface area contributed by atoms with Crippen molar-refractivity contribution in [2.75, 3.05) is 5.32 Å². The van der Waals surface area contributed by atoms with E-state index in [1.54, 1.807) is 12.1 Å². The number of amides is 1. The molecule has 0 aliphatic rings. The molecule has 0 unspecified atom stereocenters. The lowest BCUT2D eigenvalue weighted by molar-refractivity contribution is 0.102. The normalized spacial score (nSPS) is 10.5. The van der Waals surface area contributed by atoms with Gasteiger partial charge in [0, 0.05) is 29.8 Å². The molecule has 6 nitrogen and oxygen atoms in total. The van der Waals surface area contributed by atoms with Gasteiger partial charge in [0.05, 0.1) is 0 Å². The third-order valence-electron chi connectivity index (χ3n) is 2.83. The third-order valence-corrected chi connectivity index (χ3v) is 2.83. The second kappa shape index (κ2) is 6.18. The number of rotatable bonds is 5. The van der Waals surface area contributed by atoms with Crippen molar-refractivity contribution in [1.29, 1.82) is 0 Å². The van der Waals surface area contributed by atoms with Crippen molar-refractivity contribution < 1.29 is 9.32 Å². The summed E-state index contributed by atoms with van der Waals surface area (Å²) >= 11 is 0. The standard InChI is InChI=1S/C14H17N3O3/c1-3-5-10-6-9(7-13(18)15-10)14(19)16-12-8-11(4-2)20-17-12/h6-8H,3-5H2,1-2H3,(H,15,18)(H,16,17,19). The summed E-state index contributed by atoms with van der Waals surface area (Å²) in [5.41, 5.74) is 0.785. The van der Waals surface area contributed by atoms with Gasteiger partial charge in [0.1, 0.15) is 5.76 Å². The number of H-pyrrole nitrogens is 1. The van der Waals surface area contributed by atoms with E-state index in [0.717, 1.165) is 18.5 Å². The van der Waals surface area contributed by atoms with Crippen LogP contribution in [0.1, 0.15) is 42.1 Å². The molecule has 6 heteroatoms. The van der Waals surface area contributed by atoms with Gasteiger partial charge in [0.25, 0.3) is 5.91 Å². The maximum atomic E-state index is 12.1.